The fourth-order valence-electron chi connectivity index (χ4n) is 4.72. The van der Waals surface area contributed by atoms with E-state index in [9.17, 15) is 18.0 Å². The number of fused-ring (bicyclic) bond motifs is 1. The van der Waals surface area contributed by atoms with Crippen LogP contribution < -0.4 is 20.7 Å². The van der Waals surface area contributed by atoms with Gasteiger partial charge in [-0.15, -0.1) is 0 Å². The van der Waals surface area contributed by atoms with Gasteiger partial charge in [-0.2, -0.15) is 0 Å². The number of para-hydroxylation sites is 1. The molecule has 0 aliphatic carbocycles. The quantitative estimate of drug-likeness (QED) is 0.190. The lowest BCUT2D eigenvalue weighted by molar-refractivity contribution is -0.129. The van der Waals surface area contributed by atoms with E-state index in [4.69, 9.17) is 5.73 Å². The van der Waals surface area contributed by atoms with E-state index in [0.29, 0.717) is 31.6 Å². The summed E-state index contributed by atoms with van der Waals surface area (Å²) in [5.74, 6) is -0.603. The zero-order valence-electron chi connectivity index (χ0n) is 23.8. The zero-order valence-corrected chi connectivity index (χ0v) is 24.6. The molecule has 0 aliphatic heterocycles. The summed E-state index contributed by atoms with van der Waals surface area (Å²) in [6, 6.07) is 28.7. The van der Waals surface area contributed by atoms with E-state index in [2.05, 4.69) is 10.6 Å². The molecule has 0 heterocycles. The first kappa shape index (κ1) is 30.7. The van der Waals surface area contributed by atoms with E-state index in [-0.39, 0.29) is 36.1 Å². The zero-order chi connectivity index (χ0) is 30.0. The molecule has 0 aliphatic rings. The van der Waals surface area contributed by atoms with Crippen molar-refractivity contribution in [1.29, 1.82) is 0 Å². The fraction of sp³-hybridized carbons (Fsp3) is 0.273. The lowest BCUT2D eigenvalue weighted by atomic mass is 10.0. The van der Waals surface area contributed by atoms with Gasteiger partial charge in [0.05, 0.1) is 10.6 Å². The molecule has 4 rings (SSSR count). The van der Waals surface area contributed by atoms with Crippen LogP contribution in [0.15, 0.2) is 102 Å². The number of hydrogen-bond acceptors (Lipinski definition) is 5. The summed E-state index contributed by atoms with van der Waals surface area (Å²) in [5, 5.41) is 7.89. The largest absolute Gasteiger partial charge is 0.354 e. The van der Waals surface area contributed by atoms with E-state index in [1.807, 2.05) is 55.5 Å². The van der Waals surface area contributed by atoms with Crippen molar-refractivity contribution in [3.63, 3.8) is 0 Å². The lowest BCUT2D eigenvalue weighted by Gasteiger charge is -2.25. The molecule has 9 heteroatoms. The number of sulfonamides is 1. The molecule has 0 spiro atoms. The van der Waals surface area contributed by atoms with E-state index >= 15 is 0 Å². The van der Waals surface area contributed by atoms with Crippen molar-refractivity contribution in [3.05, 3.63) is 108 Å². The standard InChI is InChI=1S/C33H38N4O4S/c1-25-14-18-30(19-15-25)42(40,41)37(29-11-3-2-4-12-29)22-7-13-32(38)36-31(33(39)35-21-8-20-34)24-26-16-17-27-9-5-6-10-28(27)23-26/h2-6,9-12,14-19,23,31H,7-8,13,20-22,24,34H2,1H3,(H,35,39)(H,36,38). The SMILES string of the molecule is Cc1ccc(S(=O)(=O)N(CCCC(=O)NC(Cc2ccc3ccccc3c2)C(=O)NCCCN)c2ccccc2)cc1. The van der Waals surface area contributed by atoms with Gasteiger partial charge in [0.2, 0.25) is 11.8 Å². The first-order valence-electron chi connectivity index (χ1n) is 14.2. The Kier molecular flexibility index (Phi) is 10.7. The number of hydrogen-bond donors (Lipinski definition) is 3. The maximum absolute atomic E-state index is 13.6. The monoisotopic (exact) mass is 586 g/mol. The van der Waals surface area contributed by atoms with Gasteiger partial charge in [-0.1, -0.05) is 78.4 Å². The van der Waals surface area contributed by atoms with Crippen molar-refractivity contribution >= 4 is 38.3 Å². The van der Waals surface area contributed by atoms with Crippen LogP contribution in [0.3, 0.4) is 0 Å². The van der Waals surface area contributed by atoms with Crippen LogP contribution in [0.1, 0.15) is 30.4 Å². The molecule has 0 bridgehead atoms. The molecule has 0 radical (unpaired) electrons. The molecule has 42 heavy (non-hydrogen) atoms. The highest BCUT2D eigenvalue weighted by Crippen LogP contribution is 2.24. The van der Waals surface area contributed by atoms with Crippen LogP contribution >= 0.6 is 0 Å². The Morgan fingerprint density at radius 3 is 2.26 bits per heavy atom. The highest BCUT2D eigenvalue weighted by molar-refractivity contribution is 7.92. The van der Waals surface area contributed by atoms with Gasteiger partial charge in [-0.25, -0.2) is 8.42 Å². The Morgan fingerprint density at radius 1 is 0.857 bits per heavy atom. The predicted molar refractivity (Wildman–Crippen MR) is 168 cm³/mol. The number of nitrogens with zero attached hydrogens (tertiary/aromatic N) is 1. The Hall–Kier alpha value is -4.21. The molecule has 4 aromatic carbocycles. The number of aryl methyl sites for hydroxylation is 1. The number of nitrogens with two attached hydrogens (primary N) is 1. The number of rotatable bonds is 14. The number of anilines is 1. The molecule has 1 atom stereocenters. The first-order chi connectivity index (χ1) is 20.3. The number of carbonyl (C=O) groups excluding carboxylic acids is 2. The Balaban J connectivity index is 1.45. The Bertz CT molecular complexity index is 1590. The summed E-state index contributed by atoms with van der Waals surface area (Å²) in [4.78, 5) is 26.3. The van der Waals surface area contributed by atoms with E-state index in [1.165, 1.54) is 4.31 Å². The molecule has 4 N–H and O–H groups in total. The molecule has 0 aromatic heterocycles. The third-order valence-electron chi connectivity index (χ3n) is 7.00. The second-order valence-corrected chi connectivity index (χ2v) is 12.1. The molecule has 1 unspecified atom stereocenters. The van der Waals surface area contributed by atoms with Crippen molar-refractivity contribution in [1.82, 2.24) is 10.6 Å². The van der Waals surface area contributed by atoms with Crippen LogP contribution in [0, 0.1) is 6.92 Å². The van der Waals surface area contributed by atoms with E-state index in [1.54, 1.807) is 48.5 Å². The van der Waals surface area contributed by atoms with Gasteiger partial charge in [0.15, 0.2) is 0 Å². The highest BCUT2D eigenvalue weighted by atomic mass is 32.2. The van der Waals surface area contributed by atoms with Crippen molar-refractivity contribution in [3.8, 4) is 0 Å². The fourth-order valence-corrected chi connectivity index (χ4v) is 6.22. The minimum atomic E-state index is -3.85. The lowest BCUT2D eigenvalue weighted by Crippen LogP contribution is -2.48. The third-order valence-corrected chi connectivity index (χ3v) is 8.85. The number of carbonyl (C=O) groups is 2. The van der Waals surface area contributed by atoms with Crippen LogP contribution in [-0.2, 0) is 26.0 Å². The normalized spacial score (nSPS) is 12.0. The van der Waals surface area contributed by atoms with Crippen LogP contribution in [0.5, 0.6) is 0 Å². The summed E-state index contributed by atoms with van der Waals surface area (Å²) in [7, 11) is -3.85. The summed E-state index contributed by atoms with van der Waals surface area (Å²) < 4.78 is 28.5. The van der Waals surface area contributed by atoms with Crippen LogP contribution in [-0.4, -0.2) is 45.9 Å². The number of amides is 2. The molecule has 4 aromatic rings. The molecule has 0 fully saturated rings. The molecule has 2 amide bonds. The summed E-state index contributed by atoms with van der Waals surface area (Å²) >= 11 is 0. The second-order valence-electron chi connectivity index (χ2n) is 10.3. The van der Waals surface area contributed by atoms with E-state index < -0.39 is 16.1 Å². The smallest absolute Gasteiger partial charge is 0.264 e. The minimum absolute atomic E-state index is 0.0526. The van der Waals surface area contributed by atoms with Crippen LogP contribution in [0.25, 0.3) is 10.8 Å². The molecular weight excluding hydrogens is 548 g/mol. The van der Waals surface area contributed by atoms with Gasteiger partial charge < -0.3 is 16.4 Å². The minimum Gasteiger partial charge on any atom is -0.354 e. The molecular formula is C33H38N4O4S. The maximum Gasteiger partial charge on any atom is 0.264 e. The highest BCUT2D eigenvalue weighted by Gasteiger charge is 2.26. The maximum atomic E-state index is 13.6. The van der Waals surface area contributed by atoms with Gasteiger partial charge >= 0.3 is 0 Å². The summed E-state index contributed by atoms with van der Waals surface area (Å²) in [6.07, 6.45) is 1.27. The van der Waals surface area contributed by atoms with Gasteiger partial charge in [-0.05, 0) is 66.9 Å². The molecule has 8 nitrogen and oxygen atoms in total. The Labute approximate surface area is 248 Å². The van der Waals surface area contributed by atoms with Crippen molar-refractivity contribution < 1.29 is 18.0 Å². The predicted octanol–water partition coefficient (Wildman–Crippen LogP) is 4.32. The topological polar surface area (TPSA) is 122 Å². The average molecular weight is 587 g/mol. The number of nitrogens with one attached hydrogen (secondary N) is 2. The average Bonchev–Trinajstić information content (AvgIpc) is 2.99. The van der Waals surface area contributed by atoms with Gasteiger partial charge in [0.25, 0.3) is 10.0 Å². The molecule has 0 saturated carbocycles. The second kappa shape index (κ2) is 14.6. The van der Waals surface area contributed by atoms with Gasteiger partial charge in [-0.3, -0.25) is 13.9 Å². The summed E-state index contributed by atoms with van der Waals surface area (Å²) in [5.41, 5.74) is 7.98. The first-order valence-corrected chi connectivity index (χ1v) is 15.6. The van der Waals surface area contributed by atoms with Gasteiger partial charge in [0, 0.05) is 25.9 Å². The van der Waals surface area contributed by atoms with Crippen molar-refractivity contribution in [2.45, 2.75) is 43.5 Å². The Morgan fingerprint density at radius 2 is 1.55 bits per heavy atom. The van der Waals surface area contributed by atoms with Crippen molar-refractivity contribution in [2.24, 2.45) is 5.73 Å². The van der Waals surface area contributed by atoms with Crippen molar-refractivity contribution in [2.75, 3.05) is 23.9 Å². The molecule has 0 saturated heterocycles. The third kappa shape index (κ3) is 8.18. The molecule has 220 valence electrons. The summed E-state index contributed by atoms with van der Waals surface area (Å²) in [6.45, 7) is 2.87. The van der Waals surface area contributed by atoms with Crippen LogP contribution in [0.2, 0.25) is 0 Å². The van der Waals surface area contributed by atoms with Crippen LogP contribution in [0.4, 0.5) is 5.69 Å². The van der Waals surface area contributed by atoms with E-state index in [0.717, 1.165) is 21.9 Å². The number of benzene rings is 4. The van der Waals surface area contributed by atoms with Gasteiger partial charge in [0.1, 0.15) is 6.04 Å².